The summed E-state index contributed by atoms with van der Waals surface area (Å²) in [5.41, 5.74) is 6.14. The number of hydrogen-bond acceptors (Lipinski definition) is 5. The first kappa shape index (κ1) is 15.0. The molecule has 1 aliphatic rings. The zero-order valence-corrected chi connectivity index (χ0v) is 12.2. The molecular weight excluding hydrogens is 278 g/mol. The van der Waals surface area contributed by atoms with Gasteiger partial charge in [0.1, 0.15) is 6.10 Å². The number of benzene rings is 1. The molecule has 1 heterocycles. The number of carbonyl (C=O) groups is 1. The van der Waals surface area contributed by atoms with Gasteiger partial charge in [0, 0.05) is 12.3 Å². The third-order valence-electron chi connectivity index (χ3n) is 3.31. The Kier molecular flexibility index (Phi) is 5.14. The van der Waals surface area contributed by atoms with Gasteiger partial charge in [-0.25, -0.2) is 0 Å². The fourth-order valence-corrected chi connectivity index (χ4v) is 3.26. The maximum atomic E-state index is 11.1. The highest BCUT2D eigenvalue weighted by molar-refractivity contribution is 7.99. The Balaban J connectivity index is 2.20. The Morgan fingerprint density at radius 1 is 1.55 bits per heavy atom. The molecule has 1 aromatic carbocycles. The zero-order chi connectivity index (χ0) is 14.5. The van der Waals surface area contributed by atoms with Crippen LogP contribution in [0.15, 0.2) is 18.2 Å². The summed E-state index contributed by atoms with van der Waals surface area (Å²) in [4.78, 5) is 11.1. The van der Waals surface area contributed by atoms with Crippen molar-refractivity contribution in [1.29, 1.82) is 0 Å². The van der Waals surface area contributed by atoms with Gasteiger partial charge < -0.3 is 20.3 Å². The molecule has 1 saturated heterocycles. The molecule has 0 saturated carbocycles. The first-order valence-electron chi connectivity index (χ1n) is 6.51. The van der Waals surface area contributed by atoms with Gasteiger partial charge in [-0.3, -0.25) is 4.79 Å². The second-order valence-electron chi connectivity index (χ2n) is 4.64. The van der Waals surface area contributed by atoms with Gasteiger partial charge in [0.25, 0.3) is 0 Å². The van der Waals surface area contributed by atoms with E-state index in [0.717, 1.165) is 17.9 Å². The lowest BCUT2D eigenvalue weighted by atomic mass is 9.99. The van der Waals surface area contributed by atoms with Crippen molar-refractivity contribution in [1.82, 2.24) is 0 Å². The molecule has 1 aliphatic heterocycles. The van der Waals surface area contributed by atoms with Crippen LogP contribution in [-0.2, 0) is 4.79 Å². The van der Waals surface area contributed by atoms with Gasteiger partial charge in [-0.15, -0.1) is 0 Å². The topological polar surface area (TPSA) is 81.8 Å². The van der Waals surface area contributed by atoms with Crippen LogP contribution in [0.5, 0.6) is 11.5 Å². The highest BCUT2D eigenvalue weighted by atomic mass is 32.2. The van der Waals surface area contributed by atoms with E-state index in [9.17, 15) is 4.79 Å². The Morgan fingerprint density at radius 3 is 2.90 bits per heavy atom. The molecule has 2 unspecified atom stereocenters. The minimum Gasteiger partial charge on any atom is -0.493 e. The lowest BCUT2D eigenvalue weighted by molar-refractivity contribution is -0.138. The fourth-order valence-electron chi connectivity index (χ4n) is 2.16. The monoisotopic (exact) mass is 297 g/mol. The average Bonchev–Trinajstić information content (AvgIpc) is 2.93. The van der Waals surface area contributed by atoms with Crippen LogP contribution in [0.3, 0.4) is 0 Å². The second-order valence-corrected chi connectivity index (χ2v) is 5.79. The van der Waals surface area contributed by atoms with Crippen LogP contribution in [0.1, 0.15) is 17.9 Å². The molecule has 20 heavy (non-hydrogen) atoms. The van der Waals surface area contributed by atoms with Gasteiger partial charge in [-0.1, -0.05) is 6.07 Å². The van der Waals surface area contributed by atoms with Crippen LogP contribution in [0, 0.1) is 0 Å². The molecule has 1 aromatic rings. The number of carboxylic acid groups (broad SMARTS) is 1. The summed E-state index contributed by atoms with van der Waals surface area (Å²) < 4.78 is 11.2. The van der Waals surface area contributed by atoms with Crippen LogP contribution in [-0.4, -0.2) is 42.3 Å². The standard InChI is InChI=1S/C14H19NO4S/c1-18-13-6-9(11(7-15)14(16)17)2-3-12(13)19-10-4-5-20-8-10/h2-3,6,10-11H,4-5,7-8,15H2,1H3,(H,16,17). The Labute approximate surface area is 122 Å². The summed E-state index contributed by atoms with van der Waals surface area (Å²) in [6, 6.07) is 5.21. The lowest BCUT2D eigenvalue weighted by Crippen LogP contribution is -2.21. The van der Waals surface area contributed by atoms with E-state index in [1.165, 1.54) is 0 Å². The first-order chi connectivity index (χ1) is 9.65. The molecule has 6 heteroatoms. The number of methoxy groups -OCH3 is 1. The number of nitrogens with two attached hydrogens (primary N) is 1. The first-order valence-corrected chi connectivity index (χ1v) is 7.66. The quantitative estimate of drug-likeness (QED) is 0.832. The van der Waals surface area contributed by atoms with Crippen molar-refractivity contribution >= 4 is 17.7 Å². The zero-order valence-electron chi connectivity index (χ0n) is 11.4. The van der Waals surface area contributed by atoms with Gasteiger partial charge in [0.05, 0.1) is 13.0 Å². The molecule has 0 bridgehead atoms. The maximum absolute atomic E-state index is 11.1. The van der Waals surface area contributed by atoms with Crippen LogP contribution in [0.25, 0.3) is 0 Å². The van der Waals surface area contributed by atoms with Crippen molar-refractivity contribution in [3.05, 3.63) is 23.8 Å². The molecule has 1 fully saturated rings. The molecule has 0 amide bonds. The van der Waals surface area contributed by atoms with Crippen LogP contribution < -0.4 is 15.2 Å². The van der Waals surface area contributed by atoms with Crippen molar-refractivity contribution in [2.75, 3.05) is 25.2 Å². The molecule has 3 N–H and O–H groups in total. The molecular formula is C14H19NO4S. The number of aliphatic carboxylic acids is 1. The predicted octanol–water partition coefficient (Wildman–Crippen LogP) is 1.71. The van der Waals surface area contributed by atoms with E-state index in [2.05, 4.69) is 0 Å². The van der Waals surface area contributed by atoms with Gasteiger partial charge in [-0.2, -0.15) is 11.8 Å². The second kappa shape index (κ2) is 6.85. The van der Waals surface area contributed by atoms with E-state index >= 15 is 0 Å². The van der Waals surface area contributed by atoms with Crippen molar-refractivity contribution in [3.8, 4) is 11.5 Å². The number of hydrogen-bond donors (Lipinski definition) is 2. The Hall–Kier alpha value is -1.40. The van der Waals surface area contributed by atoms with E-state index in [4.69, 9.17) is 20.3 Å². The molecule has 5 nitrogen and oxygen atoms in total. The van der Waals surface area contributed by atoms with Crippen molar-refractivity contribution in [3.63, 3.8) is 0 Å². The van der Waals surface area contributed by atoms with Crippen LogP contribution in [0.2, 0.25) is 0 Å². The molecule has 2 rings (SSSR count). The normalized spacial score (nSPS) is 19.6. The maximum Gasteiger partial charge on any atom is 0.312 e. The van der Waals surface area contributed by atoms with Crippen molar-refractivity contribution in [2.45, 2.75) is 18.4 Å². The van der Waals surface area contributed by atoms with Gasteiger partial charge >= 0.3 is 5.97 Å². The number of thioether (sulfide) groups is 1. The van der Waals surface area contributed by atoms with E-state index < -0.39 is 11.9 Å². The Morgan fingerprint density at radius 2 is 2.35 bits per heavy atom. The summed E-state index contributed by atoms with van der Waals surface area (Å²) in [6.07, 6.45) is 1.22. The Bertz CT molecular complexity index is 474. The molecule has 0 aliphatic carbocycles. The summed E-state index contributed by atoms with van der Waals surface area (Å²) in [7, 11) is 1.55. The number of rotatable bonds is 6. The van der Waals surface area contributed by atoms with E-state index in [0.29, 0.717) is 17.1 Å². The van der Waals surface area contributed by atoms with Gasteiger partial charge in [-0.05, 0) is 29.9 Å². The molecule has 2 atom stereocenters. The van der Waals surface area contributed by atoms with Gasteiger partial charge in [0.2, 0.25) is 0 Å². The SMILES string of the molecule is COc1cc(C(CN)C(=O)O)ccc1OC1CCSC1. The summed E-state index contributed by atoms with van der Waals surface area (Å²) in [5, 5.41) is 9.13. The molecule has 0 radical (unpaired) electrons. The minimum absolute atomic E-state index is 0.0535. The van der Waals surface area contributed by atoms with Gasteiger partial charge in [0.15, 0.2) is 11.5 Å². The smallest absolute Gasteiger partial charge is 0.312 e. The van der Waals surface area contributed by atoms with Crippen LogP contribution >= 0.6 is 11.8 Å². The third kappa shape index (κ3) is 3.37. The van der Waals surface area contributed by atoms with Crippen LogP contribution in [0.4, 0.5) is 0 Å². The summed E-state index contributed by atoms with van der Waals surface area (Å²) >= 11 is 1.87. The predicted molar refractivity (Wildman–Crippen MR) is 78.8 cm³/mol. The summed E-state index contributed by atoms with van der Waals surface area (Å²) in [5.74, 6) is 1.64. The average molecular weight is 297 g/mol. The van der Waals surface area contributed by atoms with Crippen molar-refractivity contribution in [2.24, 2.45) is 5.73 Å². The highest BCUT2D eigenvalue weighted by Crippen LogP contribution is 2.33. The van der Waals surface area contributed by atoms with Crippen molar-refractivity contribution < 1.29 is 19.4 Å². The largest absolute Gasteiger partial charge is 0.493 e. The van der Waals surface area contributed by atoms with E-state index in [-0.39, 0.29) is 12.6 Å². The summed E-state index contributed by atoms with van der Waals surface area (Å²) in [6.45, 7) is 0.0535. The third-order valence-corrected chi connectivity index (χ3v) is 4.44. The van der Waals surface area contributed by atoms with E-state index in [1.807, 2.05) is 11.8 Å². The minimum atomic E-state index is -0.935. The molecule has 0 spiro atoms. The number of ether oxygens (including phenoxy) is 2. The van der Waals surface area contributed by atoms with E-state index in [1.54, 1.807) is 25.3 Å². The molecule has 0 aromatic heterocycles. The lowest BCUT2D eigenvalue weighted by Gasteiger charge is -2.17. The number of carboxylic acids is 1. The fraction of sp³-hybridized carbons (Fsp3) is 0.500. The molecule has 110 valence electrons. The highest BCUT2D eigenvalue weighted by Gasteiger charge is 2.22.